The maximum atomic E-state index is 5.40. The van der Waals surface area contributed by atoms with Gasteiger partial charge in [0.1, 0.15) is 0 Å². The normalized spacial score (nSPS) is 11.4. The minimum absolute atomic E-state index is 0.119. The molecular formula is C12H9OSi. The van der Waals surface area contributed by atoms with E-state index in [1.54, 1.807) is 0 Å². The van der Waals surface area contributed by atoms with Gasteiger partial charge >= 0.3 is 0 Å². The third-order valence-electron chi connectivity index (χ3n) is 2.01. The first-order valence-electron chi connectivity index (χ1n) is 4.13. The lowest BCUT2D eigenvalue weighted by molar-refractivity contribution is 0.250. The fourth-order valence-corrected chi connectivity index (χ4v) is 1.38. The Morgan fingerprint density at radius 3 is 2.57 bits per heavy atom. The molecule has 14 heavy (non-hydrogen) atoms. The van der Waals surface area contributed by atoms with Crippen molar-refractivity contribution in [2.45, 2.75) is 13.0 Å². The van der Waals surface area contributed by atoms with Crippen LogP contribution < -0.4 is 0 Å². The van der Waals surface area contributed by atoms with Crippen molar-refractivity contribution in [3.05, 3.63) is 34.9 Å². The van der Waals surface area contributed by atoms with E-state index >= 15 is 0 Å². The minimum atomic E-state index is -0.119. The zero-order valence-corrected chi connectivity index (χ0v) is 8.87. The van der Waals surface area contributed by atoms with Crippen molar-refractivity contribution in [3.8, 4) is 24.7 Å². The summed E-state index contributed by atoms with van der Waals surface area (Å²) in [7, 11) is 2.99. The highest BCUT2D eigenvalue weighted by Gasteiger charge is 2.10. The van der Waals surface area contributed by atoms with Crippen molar-refractivity contribution in [3.63, 3.8) is 0 Å². The molecule has 0 saturated heterocycles. The molecule has 1 nitrogen and oxygen atoms in total. The standard InChI is InChI=1S/C12H9OSi/c1-4-10-7-6-8-12(9(3)13-14)11(10)5-2/h1-2,6-9H,3H3. The van der Waals surface area contributed by atoms with Gasteiger partial charge in [-0.2, -0.15) is 0 Å². The Bertz CT molecular complexity index is 409. The highest BCUT2D eigenvalue weighted by Crippen LogP contribution is 2.22. The Morgan fingerprint density at radius 1 is 1.36 bits per heavy atom. The fourth-order valence-electron chi connectivity index (χ4n) is 1.25. The van der Waals surface area contributed by atoms with E-state index in [2.05, 4.69) is 22.3 Å². The van der Waals surface area contributed by atoms with Crippen LogP contribution in [0.2, 0.25) is 0 Å². The van der Waals surface area contributed by atoms with Crippen LogP contribution in [0.25, 0.3) is 0 Å². The van der Waals surface area contributed by atoms with Crippen LogP contribution in [0.5, 0.6) is 0 Å². The summed E-state index contributed by atoms with van der Waals surface area (Å²) in [6.45, 7) is 1.89. The number of benzene rings is 1. The summed E-state index contributed by atoms with van der Waals surface area (Å²) < 4.78 is 5.02. The van der Waals surface area contributed by atoms with Gasteiger partial charge in [0.15, 0.2) is 0 Å². The van der Waals surface area contributed by atoms with Crippen molar-refractivity contribution in [2.75, 3.05) is 0 Å². The molecule has 0 amide bonds. The van der Waals surface area contributed by atoms with E-state index in [0.29, 0.717) is 0 Å². The van der Waals surface area contributed by atoms with Gasteiger partial charge in [0.05, 0.1) is 6.10 Å². The molecule has 0 aromatic heterocycles. The third kappa shape index (κ3) is 1.88. The second-order valence-electron chi connectivity index (χ2n) is 2.82. The average molecular weight is 197 g/mol. The first-order chi connectivity index (χ1) is 6.74. The summed E-state index contributed by atoms with van der Waals surface area (Å²) in [5.41, 5.74) is 2.36. The molecule has 1 atom stereocenters. The van der Waals surface area contributed by atoms with Crippen LogP contribution in [0.4, 0.5) is 0 Å². The molecule has 0 aliphatic carbocycles. The summed E-state index contributed by atoms with van der Waals surface area (Å²) >= 11 is 0. The van der Waals surface area contributed by atoms with Gasteiger partial charge < -0.3 is 4.43 Å². The Hall–Kier alpha value is -1.48. The summed E-state index contributed by atoms with van der Waals surface area (Å²) in [6.07, 6.45) is 10.6. The van der Waals surface area contributed by atoms with Crippen LogP contribution in [-0.4, -0.2) is 10.5 Å². The Balaban J connectivity index is 3.33. The largest absolute Gasteiger partial charge is 0.412 e. The van der Waals surface area contributed by atoms with Crippen LogP contribution in [0, 0.1) is 24.7 Å². The highest BCUT2D eigenvalue weighted by atomic mass is 28.2. The van der Waals surface area contributed by atoms with Gasteiger partial charge in [-0.3, -0.25) is 0 Å². The van der Waals surface area contributed by atoms with Crippen molar-refractivity contribution in [1.82, 2.24) is 0 Å². The first-order valence-corrected chi connectivity index (χ1v) is 4.54. The second kappa shape index (κ2) is 4.67. The predicted octanol–water partition coefficient (Wildman–Crippen LogP) is 1.81. The SMILES string of the molecule is C#Cc1cccc(C(C)O[Si])c1C#C. The van der Waals surface area contributed by atoms with Crippen molar-refractivity contribution in [1.29, 1.82) is 0 Å². The minimum Gasteiger partial charge on any atom is -0.412 e. The molecule has 0 fully saturated rings. The molecule has 1 unspecified atom stereocenters. The summed E-state index contributed by atoms with van der Waals surface area (Å²) in [6, 6.07) is 5.59. The van der Waals surface area contributed by atoms with E-state index in [9.17, 15) is 0 Å². The van der Waals surface area contributed by atoms with Gasteiger partial charge in [0.2, 0.25) is 10.5 Å². The molecule has 2 heteroatoms. The zero-order chi connectivity index (χ0) is 10.6. The summed E-state index contributed by atoms with van der Waals surface area (Å²) in [5, 5.41) is 0. The molecular weight excluding hydrogens is 188 g/mol. The van der Waals surface area contributed by atoms with Crippen LogP contribution in [0.1, 0.15) is 29.7 Å². The van der Waals surface area contributed by atoms with Gasteiger partial charge in [-0.25, -0.2) is 0 Å². The molecule has 0 N–H and O–H groups in total. The predicted molar refractivity (Wildman–Crippen MR) is 57.6 cm³/mol. The Morgan fingerprint density at radius 2 is 2.07 bits per heavy atom. The molecule has 1 aromatic carbocycles. The molecule has 0 heterocycles. The monoisotopic (exact) mass is 197 g/mol. The fraction of sp³-hybridized carbons (Fsp3) is 0.167. The summed E-state index contributed by atoms with van der Waals surface area (Å²) in [4.78, 5) is 0. The molecule has 3 radical (unpaired) electrons. The second-order valence-corrected chi connectivity index (χ2v) is 3.05. The third-order valence-corrected chi connectivity index (χ3v) is 2.36. The van der Waals surface area contributed by atoms with Crippen LogP contribution in [0.15, 0.2) is 18.2 Å². The maximum Gasteiger partial charge on any atom is 0.247 e. The van der Waals surface area contributed by atoms with Gasteiger partial charge in [-0.15, -0.1) is 12.8 Å². The highest BCUT2D eigenvalue weighted by molar-refractivity contribution is 5.98. The van der Waals surface area contributed by atoms with E-state index in [-0.39, 0.29) is 6.10 Å². The van der Waals surface area contributed by atoms with Crippen molar-refractivity contribution in [2.24, 2.45) is 0 Å². The van der Waals surface area contributed by atoms with Crippen LogP contribution in [-0.2, 0) is 4.43 Å². The molecule has 1 aromatic rings. The molecule has 1 rings (SSSR count). The molecule has 0 spiro atoms. The van der Waals surface area contributed by atoms with E-state index < -0.39 is 0 Å². The van der Waals surface area contributed by atoms with Gasteiger partial charge in [0, 0.05) is 11.1 Å². The van der Waals surface area contributed by atoms with Crippen molar-refractivity contribution >= 4 is 10.5 Å². The van der Waals surface area contributed by atoms with E-state index in [4.69, 9.17) is 17.3 Å². The number of terminal acetylenes is 2. The smallest absolute Gasteiger partial charge is 0.247 e. The quantitative estimate of drug-likeness (QED) is 0.519. The molecule has 0 bridgehead atoms. The Labute approximate surface area is 88.0 Å². The van der Waals surface area contributed by atoms with E-state index in [1.807, 2.05) is 25.1 Å². The lowest BCUT2D eigenvalue weighted by Gasteiger charge is -2.13. The number of rotatable bonds is 2. The number of hydrogen-bond donors (Lipinski definition) is 0. The maximum absolute atomic E-state index is 5.40. The van der Waals surface area contributed by atoms with Gasteiger partial charge in [0.25, 0.3) is 0 Å². The topological polar surface area (TPSA) is 9.23 Å². The number of hydrogen-bond acceptors (Lipinski definition) is 1. The lowest BCUT2D eigenvalue weighted by atomic mass is 9.99. The van der Waals surface area contributed by atoms with Crippen molar-refractivity contribution < 1.29 is 4.43 Å². The lowest BCUT2D eigenvalue weighted by Crippen LogP contribution is -2.01. The molecule has 0 aliphatic heterocycles. The van der Waals surface area contributed by atoms with Gasteiger partial charge in [-0.1, -0.05) is 24.0 Å². The van der Waals surface area contributed by atoms with Gasteiger partial charge in [-0.05, 0) is 18.6 Å². The first kappa shape index (κ1) is 10.6. The van der Waals surface area contributed by atoms with Crippen LogP contribution >= 0.6 is 0 Å². The zero-order valence-electron chi connectivity index (χ0n) is 7.87. The summed E-state index contributed by atoms with van der Waals surface area (Å²) in [5.74, 6) is 5.14. The molecule has 67 valence electrons. The molecule has 0 aliphatic rings. The average Bonchev–Trinajstić information content (AvgIpc) is 2.26. The van der Waals surface area contributed by atoms with E-state index in [0.717, 1.165) is 16.7 Å². The molecule has 0 saturated carbocycles. The van der Waals surface area contributed by atoms with E-state index in [1.165, 1.54) is 0 Å². The van der Waals surface area contributed by atoms with Crippen LogP contribution in [0.3, 0.4) is 0 Å². The Kier molecular flexibility index (Phi) is 3.53.